The van der Waals surface area contributed by atoms with Gasteiger partial charge in [-0.3, -0.25) is 0 Å². The average Bonchev–Trinajstić information content (AvgIpc) is 2.54. The van der Waals surface area contributed by atoms with Crippen LogP contribution in [0.4, 0.5) is 13.2 Å². The highest BCUT2D eigenvalue weighted by Gasteiger charge is 2.48. The van der Waals surface area contributed by atoms with Crippen LogP contribution in [0.2, 0.25) is 0 Å². The van der Waals surface area contributed by atoms with E-state index in [1.165, 1.54) is 12.1 Å². The molecule has 0 aromatic heterocycles. The number of alkyl halides is 3. The highest BCUT2D eigenvalue weighted by atomic mass is 19.4. The number of hydrogen-bond donors (Lipinski definition) is 2. The Morgan fingerprint density at radius 3 is 2.19 bits per heavy atom. The van der Waals surface area contributed by atoms with E-state index in [-0.39, 0.29) is 6.54 Å². The van der Waals surface area contributed by atoms with Gasteiger partial charge in [-0.15, -0.1) is 4.65 Å². The Morgan fingerprint density at radius 1 is 1.29 bits per heavy atom. The zero-order valence-corrected chi connectivity index (χ0v) is 12.1. The van der Waals surface area contributed by atoms with E-state index in [9.17, 15) is 18.4 Å². The van der Waals surface area contributed by atoms with Crippen LogP contribution in [0.25, 0.3) is 0 Å². The van der Waals surface area contributed by atoms with Crippen LogP contribution in [0, 0.1) is 0 Å². The van der Waals surface area contributed by atoms with Gasteiger partial charge in [-0.1, -0.05) is 12.1 Å². The van der Waals surface area contributed by atoms with E-state index in [1.54, 1.807) is 14.1 Å². The van der Waals surface area contributed by atoms with Gasteiger partial charge in [-0.25, -0.2) is 5.21 Å². The van der Waals surface area contributed by atoms with Crippen molar-refractivity contribution in [3.05, 3.63) is 46.8 Å². The molecule has 3 N–H and O–H groups in total. The summed E-state index contributed by atoms with van der Waals surface area (Å²) in [6.45, 7) is 2.01. The van der Waals surface area contributed by atoms with Crippen LogP contribution >= 0.6 is 0 Å². The molecule has 0 radical (unpaired) electrons. The predicted molar refractivity (Wildman–Crippen MR) is 71.7 cm³/mol. The summed E-state index contributed by atoms with van der Waals surface area (Å²) >= 11 is 0. The SMILES string of the molecule is CC1=C(CN)[N+](C)(O)C(c2ccc(C(F)(F)F)cc2)N1C. The van der Waals surface area contributed by atoms with Crippen molar-refractivity contribution in [3.8, 4) is 0 Å². The second kappa shape index (κ2) is 5.01. The molecule has 116 valence electrons. The lowest BCUT2D eigenvalue weighted by atomic mass is 10.1. The molecular weight excluding hydrogens is 283 g/mol. The van der Waals surface area contributed by atoms with Gasteiger partial charge < -0.3 is 10.6 Å². The molecular formula is C14H19F3N3O+. The Labute approximate surface area is 121 Å². The second-order valence-corrected chi connectivity index (χ2v) is 5.37. The van der Waals surface area contributed by atoms with E-state index in [1.807, 2.05) is 11.8 Å². The molecule has 0 fully saturated rings. The number of quaternary nitrogens is 1. The van der Waals surface area contributed by atoms with Crippen LogP contribution in [0.5, 0.6) is 0 Å². The molecule has 0 amide bonds. The lowest BCUT2D eigenvalue weighted by molar-refractivity contribution is -1.08. The molecule has 0 bridgehead atoms. The molecule has 2 unspecified atom stereocenters. The summed E-state index contributed by atoms with van der Waals surface area (Å²) < 4.78 is 37.4. The van der Waals surface area contributed by atoms with Crippen LogP contribution in [0.3, 0.4) is 0 Å². The Bertz CT molecular complexity index is 564. The second-order valence-electron chi connectivity index (χ2n) is 5.37. The third-order valence-electron chi connectivity index (χ3n) is 4.07. The molecule has 4 nitrogen and oxygen atoms in total. The van der Waals surface area contributed by atoms with Crippen LogP contribution in [0.15, 0.2) is 35.7 Å². The largest absolute Gasteiger partial charge is 0.416 e. The molecule has 1 aliphatic rings. The molecule has 0 saturated carbocycles. The minimum absolute atomic E-state index is 0.181. The van der Waals surface area contributed by atoms with Gasteiger partial charge in [0.15, 0.2) is 5.70 Å². The first-order valence-corrected chi connectivity index (χ1v) is 6.50. The first-order valence-electron chi connectivity index (χ1n) is 6.50. The molecule has 0 spiro atoms. The van der Waals surface area contributed by atoms with Gasteiger partial charge in [-0.2, -0.15) is 13.2 Å². The molecule has 1 aromatic rings. The molecule has 0 saturated heterocycles. The first kappa shape index (κ1) is 15.8. The summed E-state index contributed by atoms with van der Waals surface area (Å²) in [5.74, 6) is 0. The maximum Gasteiger partial charge on any atom is 0.416 e. The highest BCUT2D eigenvalue weighted by molar-refractivity contribution is 5.28. The van der Waals surface area contributed by atoms with Gasteiger partial charge in [0.2, 0.25) is 6.17 Å². The predicted octanol–water partition coefficient (Wildman–Crippen LogP) is 2.68. The lowest BCUT2D eigenvalue weighted by Crippen LogP contribution is -2.44. The average molecular weight is 302 g/mol. The lowest BCUT2D eigenvalue weighted by Gasteiger charge is -2.32. The Hall–Kier alpha value is -1.57. The molecule has 2 rings (SSSR count). The third kappa shape index (κ3) is 2.52. The highest BCUT2D eigenvalue weighted by Crippen LogP contribution is 2.42. The van der Waals surface area contributed by atoms with Crippen molar-refractivity contribution in [2.75, 3.05) is 20.6 Å². The van der Waals surface area contributed by atoms with Crippen LogP contribution in [-0.2, 0) is 6.18 Å². The number of rotatable bonds is 2. The van der Waals surface area contributed by atoms with Gasteiger partial charge >= 0.3 is 6.18 Å². The summed E-state index contributed by atoms with van der Waals surface area (Å²) in [7, 11) is 3.37. The van der Waals surface area contributed by atoms with Crippen LogP contribution < -0.4 is 5.73 Å². The Morgan fingerprint density at radius 2 is 1.81 bits per heavy atom. The maximum absolute atomic E-state index is 12.6. The van der Waals surface area contributed by atoms with E-state index in [2.05, 4.69) is 0 Å². The van der Waals surface area contributed by atoms with E-state index >= 15 is 0 Å². The molecule has 21 heavy (non-hydrogen) atoms. The number of nitrogens with two attached hydrogens (primary N) is 1. The van der Waals surface area contributed by atoms with Crippen molar-refractivity contribution in [2.45, 2.75) is 19.3 Å². The van der Waals surface area contributed by atoms with Crippen molar-refractivity contribution in [2.24, 2.45) is 5.73 Å². The van der Waals surface area contributed by atoms with E-state index in [4.69, 9.17) is 5.73 Å². The number of benzene rings is 1. The smallest absolute Gasteiger partial charge is 0.322 e. The van der Waals surface area contributed by atoms with Crippen molar-refractivity contribution >= 4 is 0 Å². The number of hydrogen-bond acceptors (Lipinski definition) is 3. The fourth-order valence-corrected chi connectivity index (χ4v) is 2.89. The monoisotopic (exact) mass is 302 g/mol. The van der Waals surface area contributed by atoms with E-state index in [0.29, 0.717) is 11.3 Å². The van der Waals surface area contributed by atoms with Crippen molar-refractivity contribution in [1.82, 2.24) is 4.90 Å². The van der Waals surface area contributed by atoms with Crippen molar-refractivity contribution in [1.29, 1.82) is 0 Å². The standard InChI is InChI=1S/C14H19F3N3O/c1-9-12(8-18)20(3,21)13(19(9)2)10-4-6-11(7-5-10)14(15,16)17/h4-7,13,21H,8,18H2,1-3H3/q+1. The molecule has 7 heteroatoms. The van der Waals surface area contributed by atoms with Crippen molar-refractivity contribution < 1.29 is 23.0 Å². The van der Waals surface area contributed by atoms with Crippen LogP contribution in [-0.4, -0.2) is 35.4 Å². The van der Waals surface area contributed by atoms with Crippen LogP contribution in [0.1, 0.15) is 24.2 Å². The number of halogens is 3. The minimum Gasteiger partial charge on any atom is -0.322 e. The van der Waals surface area contributed by atoms with Gasteiger partial charge in [0.25, 0.3) is 0 Å². The number of allylic oxidation sites excluding steroid dienone is 1. The fourth-order valence-electron chi connectivity index (χ4n) is 2.89. The summed E-state index contributed by atoms with van der Waals surface area (Å²) in [6, 6.07) is 4.84. The Balaban J connectivity index is 2.40. The number of nitrogens with zero attached hydrogens (tertiary/aromatic N) is 2. The van der Waals surface area contributed by atoms with Gasteiger partial charge in [0, 0.05) is 12.6 Å². The molecule has 1 aromatic carbocycles. The van der Waals surface area contributed by atoms with Gasteiger partial charge in [-0.05, 0) is 19.1 Å². The Kier molecular flexibility index (Phi) is 3.77. The summed E-state index contributed by atoms with van der Waals surface area (Å²) in [4.78, 5) is 1.82. The molecule has 1 heterocycles. The van der Waals surface area contributed by atoms with Gasteiger partial charge in [0.1, 0.15) is 7.05 Å². The maximum atomic E-state index is 12.6. The number of likely N-dealkylation sites (N-methyl/N-ethyl adjacent to an activating group) is 1. The molecule has 1 aliphatic heterocycles. The molecule has 2 atom stereocenters. The molecule has 0 aliphatic carbocycles. The van der Waals surface area contributed by atoms with E-state index in [0.717, 1.165) is 17.8 Å². The minimum atomic E-state index is -4.37. The third-order valence-corrected chi connectivity index (χ3v) is 4.07. The summed E-state index contributed by atoms with van der Waals surface area (Å²) in [6.07, 6.45) is -4.88. The van der Waals surface area contributed by atoms with E-state index < -0.39 is 22.6 Å². The normalized spacial score (nSPS) is 26.7. The number of hydroxylamine groups is 3. The van der Waals surface area contributed by atoms with Crippen molar-refractivity contribution in [3.63, 3.8) is 0 Å². The zero-order valence-electron chi connectivity index (χ0n) is 12.1. The quantitative estimate of drug-likeness (QED) is 0.826. The fraction of sp³-hybridized carbons (Fsp3) is 0.429. The summed E-state index contributed by atoms with van der Waals surface area (Å²) in [5, 5.41) is 10.7. The zero-order chi connectivity index (χ0) is 16.0. The van der Waals surface area contributed by atoms with Gasteiger partial charge in [0.05, 0.1) is 17.8 Å². The topological polar surface area (TPSA) is 49.5 Å². The summed E-state index contributed by atoms with van der Waals surface area (Å²) in [5.41, 5.74) is 7.03. The first-order chi connectivity index (χ1) is 9.60.